The van der Waals surface area contributed by atoms with Crippen LogP contribution in [0.4, 0.5) is 0 Å². The van der Waals surface area contributed by atoms with Gasteiger partial charge in [-0.2, -0.15) is 5.26 Å². The van der Waals surface area contributed by atoms with Crippen LogP contribution in [-0.4, -0.2) is 10.2 Å². The number of aromatic nitrogens is 2. The van der Waals surface area contributed by atoms with E-state index in [1.165, 1.54) is 0 Å². The van der Waals surface area contributed by atoms with Crippen molar-refractivity contribution in [1.82, 2.24) is 10.2 Å². The molecule has 0 unspecified atom stereocenters. The Balaban J connectivity index is 1.66. The van der Waals surface area contributed by atoms with E-state index in [0.717, 1.165) is 36.8 Å². The molecule has 4 rings (SSSR count). The molecule has 0 fully saturated rings. The standard InChI is InChI=1S/C20H17BrN4O2S/c1-10-17-18(15(8-22)19(23)27-20(17)25-24-10)16-7-12(11(2)28-16)9-26-14-5-3-13(21)4-6-14/h3-7,18H,9,23H2,1-2H3,(H,24,25)/t18-/m0/s1. The van der Waals surface area contributed by atoms with Crippen LogP contribution in [-0.2, 0) is 6.61 Å². The molecule has 8 heteroatoms. The fourth-order valence-electron chi connectivity index (χ4n) is 3.21. The van der Waals surface area contributed by atoms with Crippen molar-refractivity contribution in [2.24, 2.45) is 5.73 Å². The molecule has 3 heterocycles. The van der Waals surface area contributed by atoms with E-state index in [2.05, 4.69) is 45.2 Å². The summed E-state index contributed by atoms with van der Waals surface area (Å²) in [6.07, 6.45) is 0. The zero-order valence-corrected chi connectivity index (χ0v) is 17.6. The number of fused-ring (bicyclic) bond motifs is 1. The summed E-state index contributed by atoms with van der Waals surface area (Å²) >= 11 is 5.05. The molecule has 0 amide bonds. The van der Waals surface area contributed by atoms with Gasteiger partial charge >= 0.3 is 0 Å². The second kappa shape index (κ2) is 7.34. The molecule has 3 aromatic rings. The molecule has 0 spiro atoms. The molecule has 0 saturated heterocycles. The maximum atomic E-state index is 9.68. The molecule has 0 radical (unpaired) electrons. The largest absolute Gasteiger partial charge is 0.489 e. The third-order valence-corrected chi connectivity index (χ3v) is 6.35. The molecule has 1 aliphatic heterocycles. The maximum Gasteiger partial charge on any atom is 0.244 e. The van der Waals surface area contributed by atoms with E-state index in [-0.39, 0.29) is 11.8 Å². The fourth-order valence-corrected chi connectivity index (χ4v) is 4.63. The van der Waals surface area contributed by atoms with Gasteiger partial charge in [-0.3, -0.25) is 5.10 Å². The SMILES string of the molecule is Cc1[nH]nc2c1[C@H](c1cc(COc3ccc(Br)cc3)c(C)s1)C(C#N)=C(N)O2. The van der Waals surface area contributed by atoms with E-state index >= 15 is 0 Å². The van der Waals surface area contributed by atoms with E-state index in [1.54, 1.807) is 11.3 Å². The first-order valence-electron chi connectivity index (χ1n) is 8.58. The number of allylic oxidation sites excluding steroid dienone is 1. The van der Waals surface area contributed by atoms with Crippen molar-refractivity contribution in [2.75, 3.05) is 0 Å². The molecular weight excluding hydrogens is 440 g/mol. The number of halogens is 1. The number of rotatable bonds is 4. The number of H-pyrrole nitrogens is 1. The van der Waals surface area contributed by atoms with Gasteiger partial charge in [0.2, 0.25) is 11.8 Å². The van der Waals surface area contributed by atoms with E-state index in [9.17, 15) is 5.26 Å². The second-order valence-corrected chi connectivity index (χ2v) is 8.67. The third-order valence-electron chi connectivity index (χ3n) is 4.66. The normalized spacial score (nSPS) is 15.7. The Morgan fingerprint density at radius 1 is 1.36 bits per heavy atom. The smallest absolute Gasteiger partial charge is 0.244 e. The number of nitrogens with zero attached hydrogens (tertiary/aromatic N) is 2. The number of nitrogens with two attached hydrogens (primary N) is 1. The predicted molar refractivity (Wildman–Crippen MR) is 110 cm³/mol. The number of hydrogen-bond donors (Lipinski definition) is 2. The summed E-state index contributed by atoms with van der Waals surface area (Å²) in [5.41, 5.74) is 9.18. The highest BCUT2D eigenvalue weighted by molar-refractivity contribution is 9.10. The molecule has 142 valence electrons. The lowest BCUT2D eigenvalue weighted by molar-refractivity contribution is 0.306. The van der Waals surface area contributed by atoms with Gasteiger partial charge in [0.15, 0.2) is 0 Å². The summed E-state index contributed by atoms with van der Waals surface area (Å²) in [7, 11) is 0. The van der Waals surface area contributed by atoms with Crippen molar-refractivity contribution in [1.29, 1.82) is 5.26 Å². The number of ether oxygens (including phenoxy) is 2. The van der Waals surface area contributed by atoms with Crippen molar-refractivity contribution >= 4 is 27.3 Å². The number of nitrogens with one attached hydrogen (secondary N) is 1. The lowest BCUT2D eigenvalue weighted by Gasteiger charge is -2.22. The topological polar surface area (TPSA) is 97.0 Å². The molecular formula is C20H17BrN4O2S. The molecule has 1 aliphatic rings. The van der Waals surface area contributed by atoms with Gasteiger partial charge in [0.05, 0.1) is 11.5 Å². The van der Waals surface area contributed by atoms with Gasteiger partial charge in [0, 0.05) is 25.5 Å². The van der Waals surface area contributed by atoms with Gasteiger partial charge in [-0.15, -0.1) is 16.4 Å². The molecule has 0 saturated carbocycles. The average Bonchev–Trinajstić information content (AvgIpc) is 3.23. The number of hydrogen-bond acceptors (Lipinski definition) is 6. The van der Waals surface area contributed by atoms with E-state index in [4.69, 9.17) is 15.2 Å². The van der Waals surface area contributed by atoms with Crippen LogP contribution in [0.25, 0.3) is 0 Å². The van der Waals surface area contributed by atoms with Crippen molar-refractivity contribution in [3.63, 3.8) is 0 Å². The minimum absolute atomic E-state index is 0.102. The molecule has 1 atom stereocenters. The third kappa shape index (κ3) is 3.28. The number of thiophene rings is 1. The van der Waals surface area contributed by atoms with Crippen molar-refractivity contribution in [3.8, 4) is 17.7 Å². The van der Waals surface area contributed by atoms with E-state index in [0.29, 0.717) is 18.1 Å². The summed E-state index contributed by atoms with van der Waals surface area (Å²) in [6.45, 7) is 4.41. The van der Waals surface area contributed by atoms with Crippen molar-refractivity contribution in [2.45, 2.75) is 26.4 Å². The van der Waals surface area contributed by atoms with Gasteiger partial charge in [-0.25, -0.2) is 0 Å². The Hall–Kier alpha value is -2.76. The Morgan fingerprint density at radius 2 is 2.11 bits per heavy atom. The molecule has 2 aromatic heterocycles. The van der Waals surface area contributed by atoms with Gasteiger partial charge in [-0.1, -0.05) is 15.9 Å². The monoisotopic (exact) mass is 456 g/mol. The molecule has 3 N–H and O–H groups in total. The maximum absolute atomic E-state index is 9.68. The predicted octanol–water partition coefficient (Wildman–Crippen LogP) is 4.65. The Bertz CT molecular complexity index is 1110. The summed E-state index contributed by atoms with van der Waals surface area (Å²) < 4.78 is 12.5. The summed E-state index contributed by atoms with van der Waals surface area (Å²) in [6, 6.07) is 12.0. The van der Waals surface area contributed by atoms with Gasteiger partial charge in [-0.05, 0) is 44.2 Å². The summed E-state index contributed by atoms with van der Waals surface area (Å²) in [5.74, 6) is 1.04. The molecule has 1 aromatic carbocycles. The highest BCUT2D eigenvalue weighted by atomic mass is 79.9. The average molecular weight is 457 g/mol. The minimum Gasteiger partial charge on any atom is -0.489 e. The Kier molecular flexibility index (Phi) is 4.87. The zero-order chi connectivity index (χ0) is 19.8. The van der Waals surface area contributed by atoms with E-state index < -0.39 is 0 Å². The van der Waals surface area contributed by atoms with Crippen molar-refractivity contribution < 1.29 is 9.47 Å². The van der Waals surface area contributed by atoms with Crippen molar-refractivity contribution in [3.05, 3.63) is 72.8 Å². The molecule has 0 bridgehead atoms. The Labute approximate surface area is 174 Å². The van der Waals surface area contributed by atoms with Crippen LogP contribution in [0.2, 0.25) is 0 Å². The van der Waals surface area contributed by atoms with Gasteiger partial charge in [0.25, 0.3) is 0 Å². The first-order chi connectivity index (χ1) is 13.5. The van der Waals surface area contributed by atoms with Gasteiger partial charge in [0.1, 0.15) is 24.0 Å². The molecule has 28 heavy (non-hydrogen) atoms. The first kappa shape index (κ1) is 18.6. The van der Waals surface area contributed by atoms with E-state index in [1.807, 2.05) is 31.2 Å². The van der Waals surface area contributed by atoms with Crippen LogP contribution in [0, 0.1) is 25.2 Å². The number of aryl methyl sites for hydroxylation is 2. The second-order valence-electron chi connectivity index (χ2n) is 6.47. The highest BCUT2D eigenvalue weighted by Crippen LogP contribution is 2.45. The zero-order valence-electron chi connectivity index (χ0n) is 15.2. The highest BCUT2D eigenvalue weighted by Gasteiger charge is 2.35. The lowest BCUT2D eigenvalue weighted by atomic mass is 9.88. The number of aromatic amines is 1. The Morgan fingerprint density at radius 3 is 2.82 bits per heavy atom. The molecule has 0 aliphatic carbocycles. The minimum atomic E-state index is -0.294. The van der Waals surface area contributed by atoms with Crippen LogP contribution in [0.15, 0.2) is 46.3 Å². The summed E-state index contributed by atoms with van der Waals surface area (Å²) in [5, 5.41) is 16.8. The summed E-state index contributed by atoms with van der Waals surface area (Å²) in [4.78, 5) is 2.15. The van der Waals surface area contributed by atoms with Gasteiger partial charge < -0.3 is 15.2 Å². The van der Waals surface area contributed by atoms with Crippen LogP contribution >= 0.6 is 27.3 Å². The fraction of sp³-hybridized carbons (Fsp3) is 0.200. The first-order valence-corrected chi connectivity index (χ1v) is 10.2. The van der Waals surface area contributed by atoms with Crippen LogP contribution in [0.5, 0.6) is 11.6 Å². The quantitative estimate of drug-likeness (QED) is 0.595. The van der Waals surface area contributed by atoms with Crippen LogP contribution in [0.3, 0.4) is 0 Å². The van der Waals surface area contributed by atoms with Crippen LogP contribution in [0.1, 0.15) is 32.5 Å². The van der Waals surface area contributed by atoms with Crippen LogP contribution < -0.4 is 15.2 Å². The lowest BCUT2D eigenvalue weighted by Crippen LogP contribution is -2.20. The number of nitriles is 1. The molecule has 6 nitrogen and oxygen atoms in total. The number of benzene rings is 1.